The van der Waals surface area contributed by atoms with Crippen LogP contribution in [0.5, 0.6) is 0 Å². The molecule has 0 saturated heterocycles. The van der Waals surface area contributed by atoms with E-state index in [0.29, 0.717) is 10.6 Å². The van der Waals surface area contributed by atoms with Crippen molar-refractivity contribution in [3.05, 3.63) is 69.7 Å². The van der Waals surface area contributed by atoms with Gasteiger partial charge < -0.3 is 4.42 Å². The molecule has 5 heteroatoms. The van der Waals surface area contributed by atoms with Gasteiger partial charge >= 0.3 is 0 Å². The summed E-state index contributed by atoms with van der Waals surface area (Å²) in [5, 5.41) is 1.37. The Morgan fingerprint density at radius 3 is 2.52 bits per heavy atom. The number of hydrogen-bond donors (Lipinski definition) is 0. The van der Waals surface area contributed by atoms with E-state index >= 15 is 0 Å². The fourth-order valence-corrected chi connectivity index (χ4v) is 2.56. The maximum absolute atomic E-state index is 13.7. The number of halogens is 3. The first-order valence-electron chi connectivity index (χ1n) is 6.20. The van der Waals surface area contributed by atoms with Crippen molar-refractivity contribution in [3.63, 3.8) is 0 Å². The van der Waals surface area contributed by atoms with Gasteiger partial charge in [-0.25, -0.2) is 4.39 Å². The first kappa shape index (κ1) is 14.1. The molecule has 1 heterocycles. The monoisotopic (exact) mass is 322 g/mol. The minimum absolute atomic E-state index is 0.136. The van der Waals surface area contributed by atoms with E-state index in [4.69, 9.17) is 27.6 Å². The Balaban J connectivity index is 1.96. The molecule has 0 aliphatic heterocycles. The van der Waals surface area contributed by atoms with Gasteiger partial charge in [-0.2, -0.15) is 0 Å². The highest BCUT2D eigenvalue weighted by molar-refractivity contribution is 6.35. The van der Waals surface area contributed by atoms with Crippen molar-refractivity contribution in [2.75, 3.05) is 0 Å². The number of Topliss-reactive ketones (excluding diaryl/α,β-unsaturated/α-hetero) is 1. The summed E-state index contributed by atoms with van der Waals surface area (Å²) in [5.41, 5.74) is 0.609. The van der Waals surface area contributed by atoms with Crippen molar-refractivity contribution < 1.29 is 13.6 Å². The van der Waals surface area contributed by atoms with Crippen molar-refractivity contribution >= 4 is 40.0 Å². The van der Waals surface area contributed by atoms with Crippen LogP contribution in [0.15, 0.2) is 46.9 Å². The fraction of sp³-hybridized carbons (Fsp3) is 0.0625. The molecular weight excluding hydrogens is 314 g/mol. The quantitative estimate of drug-likeness (QED) is 0.612. The first-order chi connectivity index (χ1) is 10.1. The number of benzene rings is 2. The van der Waals surface area contributed by atoms with E-state index in [2.05, 4.69) is 0 Å². The van der Waals surface area contributed by atoms with Crippen LogP contribution in [0.1, 0.15) is 16.1 Å². The van der Waals surface area contributed by atoms with E-state index in [9.17, 15) is 9.18 Å². The molecule has 106 valence electrons. The van der Waals surface area contributed by atoms with E-state index in [0.717, 1.165) is 5.39 Å². The number of rotatable bonds is 3. The Kier molecular flexibility index (Phi) is 3.70. The van der Waals surface area contributed by atoms with Crippen molar-refractivity contribution in [2.24, 2.45) is 0 Å². The average molecular weight is 323 g/mol. The first-order valence-corrected chi connectivity index (χ1v) is 6.96. The second-order valence-corrected chi connectivity index (χ2v) is 5.38. The van der Waals surface area contributed by atoms with Crippen molar-refractivity contribution in [1.82, 2.24) is 0 Å². The van der Waals surface area contributed by atoms with Crippen LogP contribution in [0.3, 0.4) is 0 Å². The zero-order chi connectivity index (χ0) is 15.0. The molecule has 0 fully saturated rings. The van der Waals surface area contributed by atoms with Crippen LogP contribution in [0.2, 0.25) is 10.0 Å². The van der Waals surface area contributed by atoms with Gasteiger partial charge in [0.15, 0.2) is 11.3 Å². The maximum Gasteiger partial charge on any atom is 0.202 e. The highest BCUT2D eigenvalue weighted by Gasteiger charge is 2.17. The SMILES string of the molecule is O=C(Cc1c(F)cccc1Cl)c1cc2cccc(Cl)c2o1. The molecule has 0 aliphatic rings. The predicted octanol–water partition coefficient (Wildman–Crippen LogP) is 5.30. The second kappa shape index (κ2) is 5.51. The van der Waals surface area contributed by atoms with Crippen LogP contribution in [0.4, 0.5) is 4.39 Å². The Hall–Kier alpha value is -1.84. The normalized spacial score (nSPS) is 11.0. The summed E-state index contributed by atoms with van der Waals surface area (Å²) >= 11 is 11.9. The van der Waals surface area contributed by atoms with Crippen LogP contribution in [0.25, 0.3) is 11.0 Å². The minimum Gasteiger partial charge on any atom is -0.451 e. The largest absolute Gasteiger partial charge is 0.451 e. The molecule has 0 radical (unpaired) electrons. The van der Waals surface area contributed by atoms with Gasteiger partial charge in [-0.05, 0) is 24.3 Å². The molecule has 0 spiro atoms. The summed E-state index contributed by atoms with van der Waals surface area (Å²) in [6.07, 6.45) is -0.164. The lowest BCUT2D eigenvalue weighted by Crippen LogP contribution is -2.04. The average Bonchev–Trinajstić information content (AvgIpc) is 2.88. The summed E-state index contributed by atoms with van der Waals surface area (Å²) in [5.74, 6) is -0.725. The molecule has 0 atom stereocenters. The number of ketones is 1. The molecule has 0 N–H and O–H groups in total. The number of hydrogen-bond acceptors (Lipinski definition) is 2. The molecule has 21 heavy (non-hydrogen) atoms. The third kappa shape index (κ3) is 2.67. The van der Waals surface area contributed by atoms with Crippen LogP contribution < -0.4 is 0 Å². The van der Waals surface area contributed by atoms with Gasteiger partial charge in [0, 0.05) is 22.4 Å². The van der Waals surface area contributed by atoms with Gasteiger partial charge in [-0.3, -0.25) is 4.79 Å². The van der Waals surface area contributed by atoms with Gasteiger partial charge in [0.2, 0.25) is 5.78 Å². The smallest absolute Gasteiger partial charge is 0.202 e. The lowest BCUT2D eigenvalue weighted by molar-refractivity contribution is 0.0967. The zero-order valence-electron chi connectivity index (χ0n) is 10.7. The number of carbonyl (C=O) groups is 1. The molecule has 1 aromatic heterocycles. The number of para-hydroxylation sites is 1. The van der Waals surface area contributed by atoms with Gasteiger partial charge in [0.25, 0.3) is 0 Å². The molecule has 0 bridgehead atoms. The van der Waals surface area contributed by atoms with E-state index in [-0.39, 0.29) is 28.6 Å². The summed E-state index contributed by atoms with van der Waals surface area (Å²) in [7, 11) is 0. The Bertz CT molecular complexity index is 819. The molecule has 0 saturated carbocycles. The van der Waals surface area contributed by atoms with E-state index in [1.54, 1.807) is 30.3 Å². The van der Waals surface area contributed by atoms with Crippen LogP contribution in [0, 0.1) is 5.82 Å². The standard InChI is InChI=1S/C16H9Cl2FO2/c17-11-4-2-6-13(19)10(11)8-14(20)15-7-9-3-1-5-12(18)16(9)21-15/h1-7H,8H2. The van der Waals surface area contributed by atoms with Crippen molar-refractivity contribution in [3.8, 4) is 0 Å². The Morgan fingerprint density at radius 1 is 1.10 bits per heavy atom. The third-order valence-electron chi connectivity index (χ3n) is 3.17. The zero-order valence-corrected chi connectivity index (χ0v) is 12.2. The summed E-state index contributed by atoms with van der Waals surface area (Å²) in [6, 6.07) is 11.1. The maximum atomic E-state index is 13.7. The minimum atomic E-state index is -0.509. The highest BCUT2D eigenvalue weighted by atomic mass is 35.5. The summed E-state index contributed by atoms with van der Waals surface area (Å²) in [4.78, 5) is 12.2. The van der Waals surface area contributed by atoms with E-state index < -0.39 is 5.82 Å². The number of furan rings is 1. The van der Waals surface area contributed by atoms with Gasteiger partial charge in [0.05, 0.1) is 5.02 Å². The Labute approximate surface area is 130 Å². The molecule has 0 aliphatic carbocycles. The van der Waals surface area contributed by atoms with Crippen molar-refractivity contribution in [2.45, 2.75) is 6.42 Å². The van der Waals surface area contributed by atoms with Gasteiger partial charge in [-0.1, -0.05) is 41.4 Å². The lowest BCUT2D eigenvalue weighted by Gasteiger charge is -2.03. The van der Waals surface area contributed by atoms with Crippen molar-refractivity contribution in [1.29, 1.82) is 0 Å². The predicted molar refractivity (Wildman–Crippen MR) is 80.7 cm³/mol. The molecule has 3 aromatic rings. The van der Waals surface area contributed by atoms with E-state index in [1.807, 2.05) is 0 Å². The molecule has 2 aromatic carbocycles. The second-order valence-electron chi connectivity index (χ2n) is 4.57. The fourth-order valence-electron chi connectivity index (χ4n) is 2.11. The molecular formula is C16H9Cl2FO2. The van der Waals surface area contributed by atoms with Gasteiger partial charge in [-0.15, -0.1) is 0 Å². The Morgan fingerprint density at radius 2 is 1.81 bits per heavy atom. The van der Waals surface area contributed by atoms with Gasteiger partial charge in [0.1, 0.15) is 5.82 Å². The molecule has 2 nitrogen and oxygen atoms in total. The highest BCUT2D eigenvalue weighted by Crippen LogP contribution is 2.28. The van der Waals surface area contributed by atoms with Crippen LogP contribution >= 0.6 is 23.2 Å². The third-order valence-corrected chi connectivity index (χ3v) is 3.82. The molecule has 0 amide bonds. The van der Waals surface area contributed by atoms with Crippen LogP contribution in [-0.4, -0.2) is 5.78 Å². The summed E-state index contributed by atoms with van der Waals surface area (Å²) in [6.45, 7) is 0. The van der Waals surface area contributed by atoms with E-state index in [1.165, 1.54) is 12.1 Å². The molecule has 0 unspecified atom stereocenters. The molecule has 3 rings (SSSR count). The number of carbonyl (C=O) groups excluding carboxylic acids is 1. The summed E-state index contributed by atoms with van der Waals surface area (Å²) < 4.78 is 19.2. The lowest BCUT2D eigenvalue weighted by atomic mass is 10.1. The van der Waals surface area contributed by atoms with Crippen LogP contribution in [-0.2, 0) is 6.42 Å². The number of fused-ring (bicyclic) bond motifs is 1. The topological polar surface area (TPSA) is 30.2 Å².